The second-order valence-electron chi connectivity index (χ2n) is 27.9. The van der Waals surface area contributed by atoms with Crippen LogP contribution in [-0.4, -0.2) is 137 Å². The fraction of sp³-hybridized carbons (Fsp3) is 0.375. The second-order valence-corrected chi connectivity index (χ2v) is 42.3. The number of sulfone groups is 3. The molecule has 0 radical (unpaired) electrons. The van der Waals surface area contributed by atoms with Gasteiger partial charge in [0, 0.05) is 109 Å². The molecule has 1 atom stereocenters. The quantitative estimate of drug-likeness (QED) is 0.0293. The van der Waals surface area contributed by atoms with E-state index in [1.54, 1.807) is 121 Å². The van der Waals surface area contributed by atoms with Crippen LogP contribution in [0.1, 0.15) is 124 Å². The molecule has 0 saturated carbocycles. The summed E-state index contributed by atoms with van der Waals surface area (Å²) in [6.45, 7) is 35.2. The molecule has 0 aliphatic heterocycles. The van der Waals surface area contributed by atoms with Crippen LogP contribution in [0.5, 0.6) is 0 Å². The summed E-state index contributed by atoms with van der Waals surface area (Å²) in [7, 11) is -10.7. The van der Waals surface area contributed by atoms with Crippen molar-refractivity contribution in [1.82, 2.24) is 49.8 Å². The van der Waals surface area contributed by atoms with E-state index in [0.29, 0.717) is 53.2 Å². The molecular weight excluding hydrogens is 1530 g/mol. The van der Waals surface area contributed by atoms with E-state index in [-0.39, 0.29) is 33.5 Å². The van der Waals surface area contributed by atoms with E-state index < -0.39 is 40.3 Å². The van der Waals surface area contributed by atoms with Crippen molar-refractivity contribution in [1.29, 1.82) is 0 Å². The van der Waals surface area contributed by atoms with Gasteiger partial charge in [-0.15, -0.1) is 11.8 Å². The van der Waals surface area contributed by atoms with Crippen molar-refractivity contribution in [3.8, 4) is 0 Å². The highest BCUT2D eigenvalue weighted by Crippen LogP contribution is 2.30. The fourth-order valence-corrected chi connectivity index (χ4v) is 21.0. The van der Waals surface area contributed by atoms with Crippen molar-refractivity contribution in [3.05, 3.63) is 238 Å². The largest absolute Gasteiger partial charge is 0.254 e. The molecule has 5 aromatic heterocycles. The maximum Gasteiger partial charge on any atom is 0.188 e. The molecule has 5 aromatic carbocycles. The third-order valence-electron chi connectivity index (χ3n) is 15.3. The Bertz CT molecular complexity index is 4610. The zero-order valence-electron chi connectivity index (χ0n) is 64.2. The van der Waals surface area contributed by atoms with Gasteiger partial charge in [0.05, 0.1) is 42.7 Å². The van der Waals surface area contributed by atoms with Crippen LogP contribution >= 0.6 is 70.6 Å². The van der Waals surface area contributed by atoms with Crippen LogP contribution in [0.4, 0.5) is 0 Å². The Morgan fingerprint density at radius 3 is 0.897 bits per heavy atom. The van der Waals surface area contributed by atoms with Crippen molar-refractivity contribution in [2.45, 2.75) is 184 Å². The van der Waals surface area contributed by atoms with Crippen LogP contribution in [0.15, 0.2) is 227 Å². The average molecular weight is 1630 g/mol. The Morgan fingerprint density at radius 1 is 0.318 bits per heavy atom. The Balaban J connectivity index is 0.000000210. The van der Waals surface area contributed by atoms with Gasteiger partial charge in [0.2, 0.25) is 0 Å². The topological polar surface area (TPSA) is 248 Å². The van der Waals surface area contributed by atoms with Crippen LogP contribution in [-0.2, 0) is 56.6 Å². The van der Waals surface area contributed by atoms with E-state index in [1.165, 1.54) is 51.3 Å². The molecule has 0 spiro atoms. The first-order chi connectivity index (χ1) is 50.3. The molecule has 10 aromatic rings. The number of hydrogen-bond donors (Lipinski definition) is 0. The summed E-state index contributed by atoms with van der Waals surface area (Å²) in [4.78, 5) is 45.8. The lowest BCUT2D eigenvalue weighted by Gasteiger charge is -2.19. The normalized spacial score (nSPS) is 12.0. The molecule has 0 N–H and O–H groups in total. The zero-order valence-corrected chi connectivity index (χ0v) is 72.4. The number of aromatic nitrogens is 10. The first kappa shape index (κ1) is 89.5. The lowest BCUT2D eigenvalue weighted by molar-refractivity contribution is 0.586. The van der Waals surface area contributed by atoms with Crippen molar-refractivity contribution >= 4 is 111 Å². The Kier molecular flexibility index (Phi) is 35.7. The van der Waals surface area contributed by atoms with Gasteiger partial charge in [-0.25, -0.2) is 75.1 Å². The van der Waals surface area contributed by atoms with Crippen LogP contribution in [0.3, 0.4) is 0 Å². The third kappa shape index (κ3) is 33.0. The smallest absolute Gasteiger partial charge is 0.188 e. The molecule has 1 unspecified atom stereocenters. The van der Waals surface area contributed by atoms with E-state index >= 15 is 0 Å². The van der Waals surface area contributed by atoms with Gasteiger partial charge in [0.1, 0.15) is 0 Å². The standard InChI is InChI=1S/C18H24N2O2S2.C18H24N2OS2.C18H24N2S2.2C13H14N2O2S2/c1-13-12-14(2)20-17(19-13)23-10-11-24(21,22)16-8-6-15(7-9-16)18(3,4)5;1-13-12-14(2)20-17(19-13)22-10-11-23(21)16-8-6-15(7-9-16)18(3,4)5;1-13-12-14(2)20-17(19-13)22-11-10-21-16-8-6-15(7-9-16)18(3,4)5;2*1-11-3-5-12(6-4-11)19(16,17)10-9-18-13-14-7-2-8-15-13/h6-9,12H,10-11H2,1-5H3;6-9,12H,10-11H2,1-5H3;6-9,12H,10-11H2,1-5H3;2*2-8H,9-10H2,1H3. The summed E-state index contributed by atoms with van der Waals surface area (Å²) >= 11 is 9.25. The molecule has 0 aliphatic carbocycles. The van der Waals surface area contributed by atoms with Crippen molar-refractivity contribution < 1.29 is 29.5 Å². The summed E-state index contributed by atoms with van der Waals surface area (Å²) < 4.78 is 85.6. The fourth-order valence-electron chi connectivity index (χ4n) is 9.51. The van der Waals surface area contributed by atoms with Gasteiger partial charge in [0.15, 0.2) is 55.3 Å². The average Bonchev–Trinajstić information content (AvgIpc) is 0.811. The van der Waals surface area contributed by atoms with Gasteiger partial charge in [-0.3, -0.25) is 4.21 Å². The lowest BCUT2D eigenvalue weighted by Crippen LogP contribution is -2.13. The highest BCUT2D eigenvalue weighted by Gasteiger charge is 2.21. The van der Waals surface area contributed by atoms with E-state index in [2.05, 4.69) is 149 Å². The molecule has 107 heavy (non-hydrogen) atoms. The number of hydrogen-bond acceptors (Lipinski definition) is 23. The van der Waals surface area contributed by atoms with E-state index in [4.69, 9.17) is 0 Å². The van der Waals surface area contributed by atoms with Crippen LogP contribution < -0.4 is 0 Å². The monoisotopic (exact) mass is 1630 g/mol. The van der Waals surface area contributed by atoms with E-state index in [9.17, 15) is 29.5 Å². The minimum Gasteiger partial charge on any atom is -0.254 e. The summed E-state index contributed by atoms with van der Waals surface area (Å²) in [5.41, 5.74) is 12.0. The molecule has 0 fully saturated rings. The number of thioether (sulfide) groups is 6. The van der Waals surface area contributed by atoms with Gasteiger partial charge in [-0.1, -0.05) is 193 Å². The maximum atomic E-state index is 12.5. The number of aryl methyl sites for hydroxylation is 8. The van der Waals surface area contributed by atoms with Crippen molar-refractivity contribution in [2.24, 2.45) is 0 Å². The van der Waals surface area contributed by atoms with E-state index in [0.717, 1.165) is 83.3 Å². The first-order valence-electron chi connectivity index (χ1n) is 34.6. The highest BCUT2D eigenvalue weighted by molar-refractivity contribution is 8.03. The van der Waals surface area contributed by atoms with Crippen LogP contribution in [0, 0.1) is 55.4 Å². The maximum absolute atomic E-state index is 12.5. The second kappa shape index (κ2) is 42.7. The minimum atomic E-state index is -3.29. The minimum absolute atomic E-state index is 0.0124. The summed E-state index contributed by atoms with van der Waals surface area (Å²) in [5, 5.41) is 3.48. The zero-order chi connectivity index (χ0) is 78.6. The molecule has 0 saturated heterocycles. The molecule has 0 amide bonds. The number of benzene rings is 5. The van der Waals surface area contributed by atoms with E-state index in [1.807, 2.05) is 110 Å². The predicted octanol–water partition coefficient (Wildman–Crippen LogP) is 18.2. The molecule has 10 rings (SSSR count). The van der Waals surface area contributed by atoms with Gasteiger partial charge < -0.3 is 0 Å². The number of nitrogens with zero attached hydrogens (tertiary/aromatic N) is 10. The van der Waals surface area contributed by atoms with Crippen LogP contribution in [0.25, 0.3) is 0 Å². The summed E-state index contributed by atoms with van der Waals surface area (Å²) in [5.74, 6) is 5.00. The number of rotatable bonds is 25. The Morgan fingerprint density at radius 2 is 0.579 bits per heavy atom. The molecule has 5 heterocycles. The molecule has 17 nitrogen and oxygen atoms in total. The molecule has 0 bridgehead atoms. The van der Waals surface area contributed by atoms with Crippen molar-refractivity contribution in [2.75, 3.05) is 57.5 Å². The van der Waals surface area contributed by atoms with Gasteiger partial charge in [0.25, 0.3) is 0 Å². The molecular formula is C80H100N10O7S10. The highest BCUT2D eigenvalue weighted by atomic mass is 32.2. The Hall–Kier alpha value is -6.40. The first-order valence-corrected chi connectivity index (χ1v) is 46.8. The predicted molar refractivity (Wildman–Crippen MR) is 448 cm³/mol. The summed E-state index contributed by atoms with van der Waals surface area (Å²) in [6.07, 6.45) is 6.57. The molecule has 572 valence electrons. The van der Waals surface area contributed by atoms with Crippen molar-refractivity contribution in [3.63, 3.8) is 0 Å². The third-order valence-corrected chi connectivity index (χ3v) is 28.5. The van der Waals surface area contributed by atoms with Gasteiger partial charge in [-0.2, -0.15) is 0 Å². The molecule has 0 aliphatic rings. The van der Waals surface area contributed by atoms with Crippen LogP contribution in [0.2, 0.25) is 0 Å². The SMILES string of the molecule is Cc1cc(C)nc(SCCS(=O)(=O)c2ccc(C(C)(C)C)cc2)n1.Cc1cc(C)nc(SCCS(=O)c2ccc(C(C)(C)C)cc2)n1.Cc1cc(C)nc(SCCSc2ccc(C(C)(C)C)cc2)n1.Cc1ccc(S(=O)(=O)CCSc2ncccn2)cc1.Cc1ccc(S(=O)(=O)CCSc2ncccn2)cc1. The van der Waals surface area contributed by atoms with Gasteiger partial charge >= 0.3 is 0 Å². The molecule has 27 heteroatoms. The summed E-state index contributed by atoms with van der Waals surface area (Å²) in [6, 6.07) is 47.4. The Labute approximate surface area is 664 Å². The lowest BCUT2D eigenvalue weighted by atomic mass is 9.87. The van der Waals surface area contributed by atoms with Gasteiger partial charge in [-0.05, 0) is 179 Å².